The van der Waals surface area contributed by atoms with Gasteiger partial charge in [0.1, 0.15) is 0 Å². The van der Waals surface area contributed by atoms with Crippen molar-refractivity contribution in [3.63, 3.8) is 0 Å². The van der Waals surface area contributed by atoms with E-state index in [9.17, 15) is 9.59 Å². The predicted octanol–water partition coefficient (Wildman–Crippen LogP) is -0.491. The van der Waals surface area contributed by atoms with Crippen molar-refractivity contribution in [3.05, 3.63) is 0 Å². The van der Waals surface area contributed by atoms with Gasteiger partial charge >= 0.3 is 0 Å². The van der Waals surface area contributed by atoms with Crippen LogP contribution in [-0.4, -0.2) is 30.4 Å². The molecule has 0 aromatic rings. The van der Waals surface area contributed by atoms with Crippen LogP contribution in [0.2, 0.25) is 0 Å². The maximum Gasteiger partial charge on any atom is 0.239 e. The zero-order chi connectivity index (χ0) is 11.3. The third-order valence-corrected chi connectivity index (χ3v) is 2.30. The molecule has 5 nitrogen and oxygen atoms in total. The van der Waals surface area contributed by atoms with Gasteiger partial charge in [0.15, 0.2) is 0 Å². The summed E-state index contributed by atoms with van der Waals surface area (Å²) in [4.78, 5) is 22.5. The number of nitrogens with two attached hydrogens (primary N) is 1. The molecule has 1 fully saturated rings. The molecule has 0 spiro atoms. The Kier molecular flexibility index (Phi) is 4.55. The van der Waals surface area contributed by atoms with E-state index in [0.717, 1.165) is 19.3 Å². The lowest BCUT2D eigenvalue weighted by Gasteiger charge is -2.10. The summed E-state index contributed by atoms with van der Waals surface area (Å²) in [5.41, 5.74) is 5.58. The number of hydrogen-bond donors (Lipinski definition) is 3. The van der Waals surface area contributed by atoms with Gasteiger partial charge in [-0.3, -0.25) is 9.59 Å². The van der Waals surface area contributed by atoms with Crippen LogP contribution >= 0.6 is 0 Å². The molecule has 1 rings (SSSR count). The molecule has 86 valence electrons. The van der Waals surface area contributed by atoms with Gasteiger partial charge < -0.3 is 16.4 Å². The highest BCUT2D eigenvalue weighted by atomic mass is 16.2. The maximum atomic E-state index is 11.3. The fourth-order valence-electron chi connectivity index (χ4n) is 1.25. The third kappa shape index (κ3) is 4.78. The summed E-state index contributed by atoms with van der Waals surface area (Å²) < 4.78 is 0. The Morgan fingerprint density at radius 2 is 2.13 bits per heavy atom. The standard InChI is InChI=1S/C10H19N3O2/c1-2-3-8(11)10(15)12-6-9(14)13-7-4-5-7/h7-8H,2-6,11H2,1H3,(H,12,15)(H,13,14)/t8-/m1/s1. The first-order chi connectivity index (χ1) is 7.13. The van der Waals surface area contributed by atoms with Gasteiger partial charge in [-0.05, 0) is 19.3 Å². The molecule has 15 heavy (non-hydrogen) atoms. The molecule has 0 bridgehead atoms. The monoisotopic (exact) mass is 213 g/mol. The third-order valence-electron chi connectivity index (χ3n) is 2.30. The van der Waals surface area contributed by atoms with Gasteiger partial charge in [0.05, 0.1) is 12.6 Å². The SMILES string of the molecule is CCC[C@@H](N)C(=O)NCC(=O)NC1CC1. The van der Waals surface area contributed by atoms with Crippen molar-refractivity contribution in [3.8, 4) is 0 Å². The van der Waals surface area contributed by atoms with Crippen LogP contribution in [0.5, 0.6) is 0 Å². The Hall–Kier alpha value is -1.10. The number of hydrogen-bond acceptors (Lipinski definition) is 3. The van der Waals surface area contributed by atoms with Crippen molar-refractivity contribution in [2.45, 2.75) is 44.7 Å². The van der Waals surface area contributed by atoms with Crippen molar-refractivity contribution in [2.24, 2.45) is 5.73 Å². The van der Waals surface area contributed by atoms with E-state index >= 15 is 0 Å². The van der Waals surface area contributed by atoms with Crippen molar-refractivity contribution >= 4 is 11.8 Å². The molecule has 5 heteroatoms. The van der Waals surface area contributed by atoms with Gasteiger partial charge in [0, 0.05) is 6.04 Å². The van der Waals surface area contributed by atoms with E-state index in [4.69, 9.17) is 5.73 Å². The van der Waals surface area contributed by atoms with Crippen LogP contribution in [-0.2, 0) is 9.59 Å². The van der Waals surface area contributed by atoms with Gasteiger partial charge in [-0.1, -0.05) is 13.3 Å². The molecule has 1 aliphatic rings. The Morgan fingerprint density at radius 1 is 1.47 bits per heavy atom. The van der Waals surface area contributed by atoms with Gasteiger partial charge in [0.25, 0.3) is 0 Å². The van der Waals surface area contributed by atoms with Crippen LogP contribution in [0, 0.1) is 0 Å². The molecule has 4 N–H and O–H groups in total. The van der Waals surface area contributed by atoms with E-state index in [0.29, 0.717) is 12.5 Å². The lowest BCUT2D eigenvalue weighted by Crippen LogP contribution is -2.45. The predicted molar refractivity (Wildman–Crippen MR) is 57.1 cm³/mol. The normalized spacial score (nSPS) is 16.9. The Morgan fingerprint density at radius 3 is 2.67 bits per heavy atom. The van der Waals surface area contributed by atoms with Crippen molar-refractivity contribution in [2.75, 3.05) is 6.54 Å². The zero-order valence-corrected chi connectivity index (χ0v) is 9.08. The summed E-state index contributed by atoms with van der Waals surface area (Å²) in [5.74, 6) is -0.377. The molecule has 1 saturated carbocycles. The molecule has 0 unspecified atom stereocenters. The quantitative estimate of drug-likeness (QED) is 0.556. The highest BCUT2D eigenvalue weighted by Crippen LogP contribution is 2.18. The van der Waals surface area contributed by atoms with Crippen LogP contribution in [0.1, 0.15) is 32.6 Å². The van der Waals surface area contributed by atoms with E-state index < -0.39 is 6.04 Å². The van der Waals surface area contributed by atoms with E-state index in [2.05, 4.69) is 10.6 Å². The summed E-state index contributed by atoms with van der Waals surface area (Å²) in [7, 11) is 0. The average molecular weight is 213 g/mol. The largest absolute Gasteiger partial charge is 0.352 e. The average Bonchev–Trinajstić information content (AvgIpc) is 2.98. The van der Waals surface area contributed by atoms with Crippen LogP contribution < -0.4 is 16.4 Å². The molecular formula is C10H19N3O2. The summed E-state index contributed by atoms with van der Waals surface area (Å²) >= 11 is 0. The molecule has 0 heterocycles. The topological polar surface area (TPSA) is 84.2 Å². The molecular weight excluding hydrogens is 194 g/mol. The van der Waals surface area contributed by atoms with Gasteiger partial charge in [-0.25, -0.2) is 0 Å². The second-order valence-electron chi connectivity index (χ2n) is 3.95. The summed E-state index contributed by atoms with van der Waals surface area (Å²) in [6.07, 6.45) is 3.61. The number of carbonyl (C=O) groups is 2. The van der Waals surface area contributed by atoms with E-state index in [1.807, 2.05) is 6.92 Å². The first kappa shape index (κ1) is 12.0. The van der Waals surface area contributed by atoms with Crippen LogP contribution in [0.25, 0.3) is 0 Å². The van der Waals surface area contributed by atoms with Crippen molar-refractivity contribution in [1.82, 2.24) is 10.6 Å². The fraction of sp³-hybridized carbons (Fsp3) is 0.800. The summed E-state index contributed by atoms with van der Waals surface area (Å²) in [5, 5.41) is 5.31. The number of carbonyl (C=O) groups excluding carboxylic acids is 2. The number of amides is 2. The van der Waals surface area contributed by atoms with E-state index in [1.165, 1.54) is 0 Å². The number of nitrogens with one attached hydrogen (secondary N) is 2. The molecule has 0 saturated heterocycles. The lowest BCUT2D eigenvalue weighted by atomic mass is 10.2. The van der Waals surface area contributed by atoms with Gasteiger partial charge in [-0.2, -0.15) is 0 Å². The second kappa shape index (κ2) is 5.70. The maximum absolute atomic E-state index is 11.3. The minimum atomic E-state index is -0.497. The second-order valence-corrected chi connectivity index (χ2v) is 3.95. The molecule has 0 aromatic carbocycles. The minimum absolute atomic E-state index is 0.0345. The molecule has 2 amide bonds. The smallest absolute Gasteiger partial charge is 0.239 e. The van der Waals surface area contributed by atoms with Crippen LogP contribution in [0.3, 0.4) is 0 Å². The Balaban J connectivity index is 2.11. The molecule has 1 atom stereocenters. The van der Waals surface area contributed by atoms with Crippen LogP contribution in [0.15, 0.2) is 0 Å². The van der Waals surface area contributed by atoms with Crippen LogP contribution in [0.4, 0.5) is 0 Å². The minimum Gasteiger partial charge on any atom is -0.352 e. The molecule has 0 aromatic heterocycles. The highest BCUT2D eigenvalue weighted by molar-refractivity contribution is 5.87. The Labute approximate surface area is 89.8 Å². The first-order valence-electron chi connectivity index (χ1n) is 5.46. The first-order valence-corrected chi connectivity index (χ1v) is 5.46. The Bertz CT molecular complexity index is 239. The molecule has 0 radical (unpaired) electrons. The van der Waals surface area contributed by atoms with E-state index in [-0.39, 0.29) is 18.4 Å². The number of rotatable bonds is 6. The highest BCUT2D eigenvalue weighted by Gasteiger charge is 2.23. The molecule has 0 aliphatic heterocycles. The van der Waals surface area contributed by atoms with Gasteiger partial charge in [0.2, 0.25) is 11.8 Å². The fourth-order valence-corrected chi connectivity index (χ4v) is 1.25. The molecule has 1 aliphatic carbocycles. The zero-order valence-electron chi connectivity index (χ0n) is 9.08. The van der Waals surface area contributed by atoms with Crippen molar-refractivity contribution in [1.29, 1.82) is 0 Å². The van der Waals surface area contributed by atoms with Crippen molar-refractivity contribution < 1.29 is 9.59 Å². The van der Waals surface area contributed by atoms with E-state index in [1.54, 1.807) is 0 Å². The lowest BCUT2D eigenvalue weighted by molar-refractivity contribution is -0.127. The summed E-state index contributed by atoms with van der Waals surface area (Å²) in [6.45, 7) is 2.00. The summed E-state index contributed by atoms with van der Waals surface area (Å²) in [6, 6.07) is -0.164. The van der Waals surface area contributed by atoms with Gasteiger partial charge in [-0.15, -0.1) is 0 Å².